The van der Waals surface area contributed by atoms with Crippen molar-refractivity contribution in [2.75, 3.05) is 33.2 Å². The lowest BCUT2D eigenvalue weighted by atomic mass is 10.2. The fraction of sp³-hybridized carbons (Fsp3) is 0.471. The first-order valence-corrected chi connectivity index (χ1v) is 7.98. The molecule has 6 heteroatoms. The second-order valence-electron chi connectivity index (χ2n) is 6.20. The molecule has 1 aliphatic heterocycles. The smallest absolute Gasteiger partial charge is 0.247 e. The summed E-state index contributed by atoms with van der Waals surface area (Å²) in [5, 5.41) is 5.12. The molecule has 0 unspecified atom stereocenters. The highest BCUT2D eigenvalue weighted by Crippen LogP contribution is 2.16. The van der Waals surface area contributed by atoms with Crippen molar-refractivity contribution in [3.05, 3.63) is 30.0 Å². The van der Waals surface area contributed by atoms with Crippen molar-refractivity contribution in [1.82, 2.24) is 19.6 Å². The average Bonchev–Trinajstić information content (AvgIpc) is 2.96. The first-order chi connectivity index (χ1) is 11.0. The van der Waals surface area contributed by atoms with Crippen LogP contribution >= 0.6 is 0 Å². The van der Waals surface area contributed by atoms with E-state index in [9.17, 15) is 9.59 Å². The van der Waals surface area contributed by atoms with Crippen molar-refractivity contribution in [3.63, 3.8) is 0 Å². The minimum Gasteiger partial charge on any atom is -0.340 e. The number of hydrogen-bond acceptors (Lipinski definition) is 4. The van der Waals surface area contributed by atoms with Gasteiger partial charge in [-0.25, -0.2) is 4.68 Å². The van der Waals surface area contributed by atoms with Crippen LogP contribution in [0.4, 0.5) is 0 Å². The van der Waals surface area contributed by atoms with Gasteiger partial charge in [0.05, 0.1) is 11.7 Å². The Hall–Kier alpha value is -2.21. The summed E-state index contributed by atoms with van der Waals surface area (Å²) < 4.78 is 1.41. The molecule has 1 fully saturated rings. The summed E-state index contributed by atoms with van der Waals surface area (Å²) in [6, 6.07) is 5.86. The minimum absolute atomic E-state index is 0.0544. The molecule has 0 aliphatic carbocycles. The van der Waals surface area contributed by atoms with E-state index >= 15 is 0 Å². The minimum atomic E-state index is -0.133. The third-order valence-corrected chi connectivity index (χ3v) is 4.37. The van der Waals surface area contributed by atoms with Gasteiger partial charge >= 0.3 is 0 Å². The number of rotatable bonds is 3. The molecule has 1 amide bonds. The monoisotopic (exact) mass is 314 g/mol. The van der Waals surface area contributed by atoms with Crippen LogP contribution in [0.25, 0.3) is 10.9 Å². The van der Waals surface area contributed by atoms with Gasteiger partial charge in [0.2, 0.25) is 11.8 Å². The van der Waals surface area contributed by atoms with Gasteiger partial charge in [0.25, 0.3) is 0 Å². The molecule has 0 bridgehead atoms. The maximum atomic E-state index is 12.4. The third-order valence-electron chi connectivity index (χ3n) is 4.37. The Morgan fingerprint density at radius 2 is 1.78 bits per heavy atom. The van der Waals surface area contributed by atoms with E-state index in [1.807, 2.05) is 30.0 Å². The van der Waals surface area contributed by atoms with Crippen molar-refractivity contribution in [2.24, 2.45) is 0 Å². The SMILES string of the molecule is Cc1ccc2c(cnn2C(=O)CCC(=O)N2CCN(C)CC2)c1. The molecule has 2 heterocycles. The lowest BCUT2D eigenvalue weighted by molar-refractivity contribution is -0.132. The van der Waals surface area contributed by atoms with Gasteiger partial charge in [-0.2, -0.15) is 5.10 Å². The molecule has 0 radical (unpaired) electrons. The molecule has 23 heavy (non-hydrogen) atoms. The zero-order chi connectivity index (χ0) is 16.4. The Morgan fingerprint density at radius 3 is 2.52 bits per heavy atom. The predicted octanol–water partition coefficient (Wildman–Crippen LogP) is 1.54. The Bertz CT molecular complexity index is 729. The number of aryl methyl sites for hydroxylation is 1. The standard InChI is InChI=1S/C17H22N4O2/c1-13-3-4-15-14(11-13)12-18-21(15)17(23)6-5-16(22)20-9-7-19(2)8-10-20/h3-4,11-12H,5-10H2,1-2H3. The van der Waals surface area contributed by atoms with Gasteiger partial charge in [-0.3, -0.25) is 9.59 Å². The number of nitrogens with zero attached hydrogens (tertiary/aromatic N) is 4. The summed E-state index contributed by atoms with van der Waals surface area (Å²) in [4.78, 5) is 28.6. The topological polar surface area (TPSA) is 58.4 Å². The molecule has 0 N–H and O–H groups in total. The molecule has 122 valence electrons. The van der Waals surface area contributed by atoms with E-state index < -0.39 is 0 Å². The predicted molar refractivity (Wildman–Crippen MR) is 88.4 cm³/mol. The molecule has 1 aromatic carbocycles. The zero-order valence-electron chi connectivity index (χ0n) is 13.7. The van der Waals surface area contributed by atoms with Crippen molar-refractivity contribution in [1.29, 1.82) is 0 Å². The van der Waals surface area contributed by atoms with Crippen LogP contribution in [0.5, 0.6) is 0 Å². The summed E-state index contributed by atoms with van der Waals surface area (Å²) in [5.74, 6) is -0.0786. The number of carbonyl (C=O) groups excluding carboxylic acids is 2. The number of fused-ring (bicyclic) bond motifs is 1. The number of aromatic nitrogens is 2. The highest BCUT2D eigenvalue weighted by atomic mass is 16.2. The second-order valence-corrected chi connectivity index (χ2v) is 6.20. The van der Waals surface area contributed by atoms with Gasteiger partial charge in [-0.05, 0) is 26.1 Å². The third kappa shape index (κ3) is 3.42. The van der Waals surface area contributed by atoms with E-state index in [1.165, 1.54) is 4.68 Å². The van der Waals surface area contributed by atoms with E-state index in [2.05, 4.69) is 17.0 Å². The van der Waals surface area contributed by atoms with Crippen LogP contribution in [0.1, 0.15) is 23.2 Å². The zero-order valence-corrected chi connectivity index (χ0v) is 13.7. The van der Waals surface area contributed by atoms with Gasteiger partial charge in [0, 0.05) is 44.4 Å². The quantitative estimate of drug-likeness (QED) is 0.862. The van der Waals surface area contributed by atoms with Gasteiger partial charge in [-0.1, -0.05) is 11.6 Å². The first kappa shape index (κ1) is 15.7. The van der Waals surface area contributed by atoms with Crippen molar-refractivity contribution in [2.45, 2.75) is 19.8 Å². The molecule has 1 aliphatic rings. The lowest BCUT2D eigenvalue weighted by Crippen LogP contribution is -2.47. The van der Waals surface area contributed by atoms with E-state index in [4.69, 9.17) is 0 Å². The molecular weight excluding hydrogens is 292 g/mol. The van der Waals surface area contributed by atoms with Crippen molar-refractivity contribution in [3.8, 4) is 0 Å². The normalized spacial score (nSPS) is 16.0. The number of carbonyl (C=O) groups is 2. The second kappa shape index (κ2) is 6.50. The maximum absolute atomic E-state index is 12.4. The molecule has 3 rings (SSSR count). The summed E-state index contributed by atoms with van der Waals surface area (Å²) in [5.41, 5.74) is 1.93. The molecule has 2 aromatic rings. The highest BCUT2D eigenvalue weighted by Gasteiger charge is 2.20. The van der Waals surface area contributed by atoms with Crippen LogP contribution in [0.3, 0.4) is 0 Å². The van der Waals surface area contributed by atoms with Gasteiger partial charge in [-0.15, -0.1) is 0 Å². The van der Waals surface area contributed by atoms with Crippen LogP contribution in [0.2, 0.25) is 0 Å². The molecule has 1 saturated heterocycles. The Labute approximate surface area is 135 Å². The van der Waals surface area contributed by atoms with Crippen LogP contribution < -0.4 is 0 Å². The number of hydrogen-bond donors (Lipinski definition) is 0. The summed E-state index contributed by atoms with van der Waals surface area (Å²) in [6.45, 7) is 5.28. The summed E-state index contributed by atoms with van der Waals surface area (Å²) >= 11 is 0. The Morgan fingerprint density at radius 1 is 1.09 bits per heavy atom. The van der Waals surface area contributed by atoms with E-state index in [-0.39, 0.29) is 24.7 Å². The number of piperazine rings is 1. The highest BCUT2D eigenvalue weighted by molar-refractivity contribution is 5.92. The van der Waals surface area contributed by atoms with Crippen LogP contribution in [-0.4, -0.2) is 64.6 Å². The van der Waals surface area contributed by atoms with Crippen molar-refractivity contribution >= 4 is 22.7 Å². The van der Waals surface area contributed by atoms with Crippen LogP contribution in [0, 0.1) is 6.92 Å². The van der Waals surface area contributed by atoms with E-state index in [0.29, 0.717) is 0 Å². The molecule has 1 aromatic heterocycles. The molecule has 6 nitrogen and oxygen atoms in total. The lowest BCUT2D eigenvalue weighted by Gasteiger charge is -2.32. The molecule has 0 saturated carbocycles. The van der Waals surface area contributed by atoms with E-state index in [1.54, 1.807) is 6.20 Å². The van der Waals surface area contributed by atoms with Crippen LogP contribution in [-0.2, 0) is 4.79 Å². The van der Waals surface area contributed by atoms with Gasteiger partial charge in [0.1, 0.15) is 0 Å². The maximum Gasteiger partial charge on any atom is 0.247 e. The molecule has 0 atom stereocenters. The summed E-state index contributed by atoms with van der Waals surface area (Å²) in [6.07, 6.45) is 2.13. The van der Waals surface area contributed by atoms with Gasteiger partial charge in [0.15, 0.2) is 0 Å². The van der Waals surface area contributed by atoms with Gasteiger partial charge < -0.3 is 9.80 Å². The number of likely N-dealkylation sites (N-methyl/N-ethyl adjacent to an activating group) is 1. The number of benzene rings is 1. The number of amides is 1. The fourth-order valence-corrected chi connectivity index (χ4v) is 2.88. The first-order valence-electron chi connectivity index (χ1n) is 7.98. The Balaban J connectivity index is 1.61. The van der Waals surface area contributed by atoms with Crippen molar-refractivity contribution < 1.29 is 9.59 Å². The molecular formula is C17H22N4O2. The molecule has 0 spiro atoms. The summed E-state index contributed by atoms with van der Waals surface area (Å²) in [7, 11) is 2.05. The van der Waals surface area contributed by atoms with Crippen LogP contribution in [0.15, 0.2) is 24.4 Å². The Kier molecular flexibility index (Phi) is 4.43. The largest absolute Gasteiger partial charge is 0.340 e. The average molecular weight is 314 g/mol. The fourth-order valence-electron chi connectivity index (χ4n) is 2.88. The van der Waals surface area contributed by atoms with E-state index in [0.717, 1.165) is 42.6 Å².